The van der Waals surface area contributed by atoms with E-state index in [0.29, 0.717) is 0 Å². The zero-order chi connectivity index (χ0) is 28.9. The maximum absolute atomic E-state index is 13.2. The van der Waals surface area contributed by atoms with Crippen molar-refractivity contribution in [1.82, 2.24) is 14.1 Å². The van der Waals surface area contributed by atoms with E-state index in [1.165, 1.54) is 18.2 Å². The molecule has 2 aliphatic rings. The molecule has 42 heavy (non-hydrogen) atoms. The smallest absolute Gasteiger partial charge is 0.342 e. The number of methoxy groups -OCH3 is 1. The van der Waals surface area contributed by atoms with Crippen molar-refractivity contribution in [2.45, 2.75) is 49.8 Å². The number of hydrogen-bond donors (Lipinski definition) is 3. The van der Waals surface area contributed by atoms with Crippen LogP contribution in [-0.2, 0) is 25.8 Å². The topological polar surface area (TPSA) is 102 Å². The lowest BCUT2D eigenvalue weighted by molar-refractivity contribution is -0.174. The number of thioether (sulfide) groups is 2. The van der Waals surface area contributed by atoms with Crippen LogP contribution in [0.5, 0.6) is 5.88 Å². The number of hydrogen-bond acceptors (Lipinski definition) is 7. The number of aromatic nitrogens is 3. The Morgan fingerprint density at radius 1 is 0.976 bits per heavy atom. The summed E-state index contributed by atoms with van der Waals surface area (Å²) < 4.78 is 16.0. The molecule has 2 aliphatic heterocycles. The van der Waals surface area contributed by atoms with E-state index in [2.05, 4.69) is 59.8 Å². The molecule has 0 unspecified atom stereocenters. The van der Waals surface area contributed by atoms with Crippen LogP contribution in [0, 0.1) is 0 Å². The van der Waals surface area contributed by atoms with Gasteiger partial charge >= 0.3 is 5.97 Å². The van der Waals surface area contributed by atoms with Crippen molar-refractivity contribution >= 4 is 83.9 Å². The van der Waals surface area contributed by atoms with Gasteiger partial charge in [-0.1, -0.05) is 26.0 Å². The van der Waals surface area contributed by atoms with Gasteiger partial charge in [-0.05, 0) is 46.9 Å². The maximum atomic E-state index is 13.2. The Kier molecular flexibility index (Phi) is 5.86. The lowest BCUT2D eigenvalue weighted by Gasteiger charge is -2.28. The molecule has 0 radical (unpaired) electrons. The van der Waals surface area contributed by atoms with Gasteiger partial charge in [-0.25, -0.2) is 4.79 Å². The standard InChI is InChI=1S/C32H31N3O5S2/c1-4-41-14-16-7-9-22-18(10-16)24-20-13-33-29(36)26(20)25-19-11-17(15-42-5-2)6-8-21(19)34-23-12-32(38,31(37)39-3)30(40-23)35(22)27(24)28(25)34/h6-11,13,23,30,33,36,38H,4-5,12,14-15H2,1-3H3/t23-,30+,32-/m1/s1. The Hall–Kier alpha value is -3.31. The van der Waals surface area contributed by atoms with E-state index in [4.69, 9.17) is 9.47 Å². The van der Waals surface area contributed by atoms with Gasteiger partial charge in [0.15, 0.2) is 12.1 Å². The molecule has 3 N–H and O–H groups in total. The van der Waals surface area contributed by atoms with Gasteiger partial charge in [0.1, 0.15) is 6.23 Å². The molecule has 0 amide bonds. The highest BCUT2D eigenvalue weighted by Gasteiger charge is 2.58. The number of ether oxygens (including phenoxy) is 2. The molecule has 0 spiro atoms. The van der Waals surface area contributed by atoms with Crippen LogP contribution in [-0.4, -0.2) is 54.5 Å². The number of carbonyl (C=O) groups excluding carboxylic acids is 1. The summed E-state index contributed by atoms with van der Waals surface area (Å²) in [4.78, 5) is 16.3. The van der Waals surface area contributed by atoms with E-state index < -0.39 is 24.0 Å². The first kappa shape index (κ1) is 26.3. The number of benzene rings is 3. The highest BCUT2D eigenvalue weighted by Crippen LogP contribution is 2.56. The highest BCUT2D eigenvalue weighted by molar-refractivity contribution is 7.98. The minimum Gasteiger partial charge on any atom is -0.494 e. The molecule has 10 heteroatoms. The van der Waals surface area contributed by atoms with Crippen LogP contribution in [0.2, 0.25) is 0 Å². The van der Waals surface area contributed by atoms with E-state index in [1.807, 2.05) is 34.3 Å². The number of aliphatic hydroxyl groups is 1. The normalized spacial score (nSPS) is 21.5. The Morgan fingerprint density at radius 3 is 2.24 bits per heavy atom. The first-order chi connectivity index (χ1) is 20.4. The fraction of sp³-hybridized carbons (Fsp3) is 0.344. The largest absolute Gasteiger partial charge is 0.494 e. The number of nitrogens with one attached hydrogen (secondary N) is 1. The lowest BCUT2D eigenvalue weighted by Crippen LogP contribution is -2.44. The van der Waals surface area contributed by atoms with E-state index in [-0.39, 0.29) is 12.3 Å². The lowest BCUT2D eigenvalue weighted by atomic mass is 9.97. The molecule has 2 bridgehead atoms. The van der Waals surface area contributed by atoms with Crippen molar-refractivity contribution in [2.75, 3.05) is 18.6 Å². The summed E-state index contributed by atoms with van der Waals surface area (Å²) in [5, 5.41) is 28.9. The average molecular weight is 602 g/mol. The fourth-order valence-corrected chi connectivity index (χ4v) is 8.44. The van der Waals surface area contributed by atoms with Crippen LogP contribution in [0.4, 0.5) is 0 Å². The Morgan fingerprint density at radius 2 is 1.60 bits per heavy atom. The molecule has 3 aromatic carbocycles. The van der Waals surface area contributed by atoms with Gasteiger partial charge in [0, 0.05) is 51.1 Å². The van der Waals surface area contributed by atoms with Crippen LogP contribution in [0.25, 0.3) is 54.4 Å². The number of nitrogens with zero attached hydrogens (tertiary/aromatic N) is 2. The van der Waals surface area contributed by atoms with Crippen molar-refractivity contribution in [1.29, 1.82) is 0 Å². The second-order valence-corrected chi connectivity index (χ2v) is 13.7. The summed E-state index contributed by atoms with van der Waals surface area (Å²) in [6, 6.07) is 12.8. The van der Waals surface area contributed by atoms with Crippen LogP contribution >= 0.6 is 23.5 Å². The number of esters is 1. The average Bonchev–Trinajstić information content (AvgIpc) is 3.70. The van der Waals surface area contributed by atoms with Gasteiger partial charge in [-0.3, -0.25) is 0 Å². The summed E-state index contributed by atoms with van der Waals surface area (Å²) in [5.41, 5.74) is 4.10. The molecule has 8 rings (SSSR count). The van der Waals surface area contributed by atoms with Gasteiger partial charge < -0.3 is 33.8 Å². The second-order valence-electron chi connectivity index (χ2n) is 11.2. The van der Waals surface area contributed by atoms with E-state index in [0.717, 1.165) is 77.4 Å². The summed E-state index contributed by atoms with van der Waals surface area (Å²) in [6.45, 7) is 4.30. The summed E-state index contributed by atoms with van der Waals surface area (Å²) in [6.07, 6.45) is 0.299. The number of rotatable bonds is 7. The molecule has 0 aliphatic carbocycles. The number of fused-ring (bicyclic) bond motifs is 13. The molecule has 1 saturated heterocycles. The number of carbonyl (C=O) groups is 1. The van der Waals surface area contributed by atoms with E-state index >= 15 is 0 Å². The quantitative estimate of drug-likeness (QED) is 0.171. The molecule has 216 valence electrons. The number of aromatic amines is 1. The SMILES string of the molecule is CCSCc1ccc2c(c1)c1c3c[nH]c(O)c3c3c4cc(CSCC)ccc4n4c3c1n2[C@H]1O[C@@H]4C[C@]1(O)C(=O)OC. The van der Waals surface area contributed by atoms with Crippen molar-refractivity contribution < 1.29 is 24.5 Å². The second kappa shape index (κ2) is 9.34. The van der Waals surface area contributed by atoms with Gasteiger partial charge in [-0.15, -0.1) is 0 Å². The summed E-state index contributed by atoms with van der Waals surface area (Å²) in [7, 11) is 1.30. The predicted molar refractivity (Wildman–Crippen MR) is 170 cm³/mol. The Labute approximate surface area is 249 Å². The summed E-state index contributed by atoms with van der Waals surface area (Å²) in [5.74, 6) is 3.20. The zero-order valence-corrected chi connectivity index (χ0v) is 25.2. The first-order valence-corrected chi connectivity index (χ1v) is 16.6. The molecular formula is C32H31N3O5S2. The fourth-order valence-electron chi connectivity index (χ4n) is 7.20. The third-order valence-corrected chi connectivity index (χ3v) is 10.8. The van der Waals surface area contributed by atoms with Crippen LogP contribution in [0.15, 0.2) is 42.6 Å². The number of aromatic hydroxyl groups is 1. The Bertz CT molecular complexity index is 2090. The van der Waals surface area contributed by atoms with Gasteiger partial charge in [0.2, 0.25) is 5.60 Å². The van der Waals surface area contributed by atoms with Crippen molar-refractivity contribution in [2.24, 2.45) is 0 Å². The van der Waals surface area contributed by atoms with Crippen LogP contribution in [0.3, 0.4) is 0 Å². The minimum absolute atomic E-state index is 0.0413. The van der Waals surface area contributed by atoms with E-state index in [9.17, 15) is 15.0 Å². The molecule has 0 saturated carbocycles. The predicted octanol–water partition coefficient (Wildman–Crippen LogP) is 6.93. The van der Waals surface area contributed by atoms with Gasteiger partial charge in [0.05, 0.1) is 34.6 Å². The van der Waals surface area contributed by atoms with E-state index in [1.54, 1.807) is 0 Å². The van der Waals surface area contributed by atoms with Crippen molar-refractivity contribution in [3.8, 4) is 5.88 Å². The molecule has 8 nitrogen and oxygen atoms in total. The third-order valence-electron chi connectivity index (χ3n) is 8.93. The molecule has 5 heterocycles. The molecule has 3 atom stereocenters. The first-order valence-electron chi connectivity index (χ1n) is 14.3. The molecule has 6 aromatic rings. The van der Waals surface area contributed by atoms with Gasteiger partial charge in [-0.2, -0.15) is 23.5 Å². The van der Waals surface area contributed by atoms with Gasteiger partial charge in [0.25, 0.3) is 0 Å². The van der Waals surface area contributed by atoms with Crippen LogP contribution in [0.1, 0.15) is 43.9 Å². The zero-order valence-electron chi connectivity index (χ0n) is 23.6. The van der Waals surface area contributed by atoms with Crippen molar-refractivity contribution in [3.05, 3.63) is 53.7 Å². The van der Waals surface area contributed by atoms with Crippen LogP contribution < -0.4 is 0 Å². The molecule has 3 aromatic heterocycles. The Balaban J connectivity index is 1.60. The molecular weight excluding hydrogens is 571 g/mol. The monoisotopic (exact) mass is 601 g/mol. The van der Waals surface area contributed by atoms with Crippen molar-refractivity contribution in [3.63, 3.8) is 0 Å². The number of H-pyrrole nitrogens is 1. The highest BCUT2D eigenvalue weighted by atomic mass is 32.2. The maximum Gasteiger partial charge on any atom is 0.342 e. The molecule has 1 fully saturated rings. The third kappa shape index (κ3) is 3.32. The summed E-state index contributed by atoms with van der Waals surface area (Å²) >= 11 is 3.72. The minimum atomic E-state index is -1.89.